The van der Waals surface area contributed by atoms with Gasteiger partial charge in [0.05, 0.1) is 25.4 Å². The number of piperidine rings is 1. The minimum Gasteiger partial charge on any atom is -0.396 e. The summed E-state index contributed by atoms with van der Waals surface area (Å²) in [6.07, 6.45) is 4.44. The van der Waals surface area contributed by atoms with E-state index < -0.39 is 0 Å². The summed E-state index contributed by atoms with van der Waals surface area (Å²) < 4.78 is 5.43. The normalized spacial score (nSPS) is 24.2. The van der Waals surface area contributed by atoms with Crippen LogP contribution in [0.5, 0.6) is 0 Å². The summed E-state index contributed by atoms with van der Waals surface area (Å²) in [7, 11) is 0. The zero-order valence-electron chi connectivity index (χ0n) is 14.8. The van der Waals surface area contributed by atoms with Gasteiger partial charge in [0.2, 0.25) is 0 Å². The molecule has 0 aliphatic carbocycles. The molecular weight excluding hydrogens is 316 g/mol. The second-order valence-electron chi connectivity index (χ2n) is 7.10. The molecule has 2 fully saturated rings. The van der Waals surface area contributed by atoms with Gasteiger partial charge in [-0.2, -0.15) is 0 Å². The summed E-state index contributed by atoms with van der Waals surface area (Å²) in [6.45, 7) is 8.24. The number of carbonyl (C=O) groups excluding carboxylic acids is 1. The Kier molecular flexibility index (Phi) is 5.76. The number of aliphatic hydroxyl groups excluding tert-OH is 1. The molecule has 0 bridgehead atoms. The van der Waals surface area contributed by atoms with E-state index in [1.54, 1.807) is 0 Å². The molecule has 3 rings (SSSR count). The van der Waals surface area contributed by atoms with Crippen molar-refractivity contribution in [2.75, 3.05) is 50.9 Å². The smallest absolute Gasteiger partial charge is 0.255 e. The number of rotatable bonds is 5. The van der Waals surface area contributed by atoms with Crippen LogP contribution in [0.4, 0.5) is 5.69 Å². The van der Waals surface area contributed by atoms with Crippen molar-refractivity contribution in [3.8, 4) is 0 Å². The summed E-state index contributed by atoms with van der Waals surface area (Å²) in [4.78, 5) is 17.4. The Hall–Kier alpha value is -1.85. The predicted molar refractivity (Wildman–Crippen MR) is 98.9 cm³/mol. The fourth-order valence-corrected chi connectivity index (χ4v) is 3.95. The highest BCUT2D eigenvalue weighted by atomic mass is 16.5. The van der Waals surface area contributed by atoms with Crippen molar-refractivity contribution in [2.45, 2.75) is 19.3 Å². The van der Waals surface area contributed by atoms with Crippen LogP contribution in [-0.2, 0) is 4.74 Å². The number of morpholine rings is 1. The Morgan fingerprint density at radius 2 is 2.04 bits per heavy atom. The number of ether oxygens (including phenoxy) is 1. The van der Waals surface area contributed by atoms with Crippen LogP contribution in [0.2, 0.25) is 0 Å². The third kappa shape index (κ3) is 3.88. The molecule has 1 atom stereocenters. The lowest BCUT2D eigenvalue weighted by Gasteiger charge is -2.42. The van der Waals surface area contributed by atoms with Crippen molar-refractivity contribution in [1.82, 2.24) is 4.90 Å². The number of aliphatic hydroxyl groups is 1. The average molecular weight is 344 g/mol. The number of benzene rings is 1. The first-order chi connectivity index (χ1) is 12.2. The van der Waals surface area contributed by atoms with E-state index in [1.807, 2.05) is 35.2 Å². The lowest BCUT2D eigenvalue weighted by molar-refractivity contribution is 0.0285. The molecule has 25 heavy (non-hydrogen) atoms. The first-order valence-electron chi connectivity index (χ1n) is 9.12. The predicted octanol–water partition coefficient (Wildman–Crippen LogP) is 2.31. The van der Waals surface area contributed by atoms with Gasteiger partial charge in [0, 0.05) is 37.3 Å². The largest absolute Gasteiger partial charge is 0.396 e. The monoisotopic (exact) mass is 344 g/mol. The summed E-state index contributed by atoms with van der Waals surface area (Å²) in [5.74, 6) is 0.0590. The molecule has 1 unspecified atom stereocenters. The van der Waals surface area contributed by atoms with Gasteiger partial charge in [0.1, 0.15) is 0 Å². The third-order valence-electron chi connectivity index (χ3n) is 5.35. The number of amides is 1. The maximum Gasteiger partial charge on any atom is 0.255 e. The first kappa shape index (κ1) is 18.0. The van der Waals surface area contributed by atoms with Crippen LogP contribution >= 0.6 is 0 Å². The molecule has 2 aliphatic rings. The maximum atomic E-state index is 13.2. The molecule has 2 aliphatic heterocycles. The number of anilines is 1. The molecule has 0 aromatic heterocycles. The standard InChI is InChI=1S/C20H28N2O3/c1-2-8-20(16-23)9-5-10-22(15-20)19(24)17-6-3-4-7-18(17)21-11-13-25-14-12-21/h2-4,6-7,23H,1,5,8-16H2. The molecule has 0 radical (unpaired) electrons. The molecular formula is C20H28N2O3. The van der Waals surface area contributed by atoms with Crippen LogP contribution in [0, 0.1) is 5.41 Å². The molecule has 0 saturated carbocycles. The molecule has 1 N–H and O–H groups in total. The molecule has 1 amide bonds. The molecule has 0 spiro atoms. The molecule has 5 nitrogen and oxygen atoms in total. The van der Waals surface area contributed by atoms with Gasteiger partial charge < -0.3 is 19.6 Å². The summed E-state index contributed by atoms with van der Waals surface area (Å²) in [5.41, 5.74) is 1.49. The van der Waals surface area contributed by atoms with Gasteiger partial charge in [-0.15, -0.1) is 6.58 Å². The zero-order valence-corrected chi connectivity index (χ0v) is 14.8. The van der Waals surface area contributed by atoms with Crippen LogP contribution < -0.4 is 4.90 Å². The van der Waals surface area contributed by atoms with E-state index in [0.29, 0.717) is 19.8 Å². The number of hydrogen-bond acceptors (Lipinski definition) is 4. The van der Waals surface area contributed by atoms with Crippen molar-refractivity contribution >= 4 is 11.6 Å². The Bertz CT molecular complexity index is 613. The minimum absolute atomic E-state index is 0.0590. The third-order valence-corrected chi connectivity index (χ3v) is 5.35. The molecule has 2 saturated heterocycles. The van der Waals surface area contributed by atoms with Crippen LogP contribution in [0.1, 0.15) is 29.6 Å². The number of likely N-dealkylation sites (tertiary alicyclic amines) is 1. The fraction of sp³-hybridized carbons (Fsp3) is 0.550. The van der Waals surface area contributed by atoms with E-state index >= 15 is 0 Å². The van der Waals surface area contributed by atoms with Crippen LogP contribution in [0.3, 0.4) is 0 Å². The maximum absolute atomic E-state index is 13.2. The van der Waals surface area contributed by atoms with Crippen molar-refractivity contribution in [3.63, 3.8) is 0 Å². The van der Waals surface area contributed by atoms with E-state index in [9.17, 15) is 9.90 Å². The lowest BCUT2D eigenvalue weighted by Crippen LogP contribution is -2.48. The van der Waals surface area contributed by atoms with Gasteiger partial charge in [-0.05, 0) is 31.4 Å². The Morgan fingerprint density at radius 1 is 1.28 bits per heavy atom. The molecule has 1 aromatic rings. The second kappa shape index (κ2) is 8.02. The fourth-order valence-electron chi connectivity index (χ4n) is 3.95. The van der Waals surface area contributed by atoms with Crippen LogP contribution in [-0.4, -0.2) is 61.9 Å². The average Bonchev–Trinajstić information content (AvgIpc) is 2.68. The van der Waals surface area contributed by atoms with Gasteiger partial charge >= 0.3 is 0 Å². The Balaban J connectivity index is 1.82. The molecule has 2 heterocycles. The van der Waals surface area contributed by atoms with E-state index in [1.165, 1.54) is 0 Å². The topological polar surface area (TPSA) is 53.0 Å². The van der Waals surface area contributed by atoms with Crippen LogP contribution in [0.25, 0.3) is 0 Å². The Labute approximate surface area is 149 Å². The van der Waals surface area contributed by atoms with Gasteiger partial charge in [-0.1, -0.05) is 18.2 Å². The summed E-state index contributed by atoms with van der Waals surface area (Å²) in [5, 5.41) is 9.89. The highest BCUT2D eigenvalue weighted by Gasteiger charge is 2.36. The van der Waals surface area contributed by atoms with E-state index in [0.717, 1.165) is 50.1 Å². The lowest BCUT2D eigenvalue weighted by atomic mass is 9.77. The van der Waals surface area contributed by atoms with Gasteiger partial charge in [-0.25, -0.2) is 0 Å². The summed E-state index contributed by atoms with van der Waals surface area (Å²) >= 11 is 0. The molecule has 1 aromatic carbocycles. The second-order valence-corrected chi connectivity index (χ2v) is 7.10. The molecule has 5 heteroatoms. The van der Waals surface area contributed by atoms with Crippen molar-refractivity contribution < 1.29 is 14.6 Å². The van der Waals surface area contributed by atoms with E-state index in [4.69, 9.17) is 4.74 Å². The number of carbonyl (C=O) groups is 1. The number of nitrogens with zero attached hydrogens (tertiary/aromatic N) is 2. The van der Waals surface area contributed by atoms with Crippen molar-refractivity contribution in [1.29, 1.82) is 0 Å². The van der Waals surface area contributed by atoms with Crippen LogP contribution in [0.15, 0.2) is 36.9 Å². The molecule has 136 valence electrons. The number of para-hydroxylation sites is 1. The highest BCUT2D eigenvalue weighted by Crippen LogP contribution is 2.35. The first-order valence-corrected chi connectivity index (χ1v) is 9.12. The quantitative estimate of drug-likeness (QED) is 0.833. The van der Waals surface area contributed by atoms with Crippen molar-refractivity contribution in [2.24, 2.45) is 5.41 Å². The number of hydrogen-bond donors (Lipinski definition) is 1. The summed E-state index contributed by atoms with van der Waals surface area (Å²) in [6, 6.07) is 7.83. The van der Waals surface area contributed by atoms with E-state index in [2.05, 4.69) is 11.5 Å². The zero-order chi connectivity index (χ0) is 17.7. The van der Waals surface area contributed by atoms with E-state index in [-0.39, 0.29) is 17.9 Å². The highest BCUT2D eigenvalue weighted by molar-refractivity contribution is 6.00. The van der Waals surface area contributed by atoms with Gasteiger partial charge in [0.25, 0.3) is 5.91 Å². The Morgan fingerprint density at radius 3 is 2.76 bits per heavy atom. The van der Waals surface area contributed by atoms with Crippen molar-refractivity contribution in [3.05, 3.63) is 42.5 Å². The van der Waals surface area contributed by atoms with Gasteiger partial charge in [-0.3, -0.25) is 4.79 Å². The SMILES string of the molecule is C=CCC1(CO)CCCN(C(=O)c2ccccc2N2CCOCC2)C1. The minimum atomic E-state index is -0.246. The van der Waals surface area contributed by atoms with Gasteiger partial charge in [0.15, 0.2) is 0 Å². The number of allylic oxidation sites excluding steroid dienone is 1.